The number of rotatable bonds is 3. The van der Waals surface area contributed by atoms with Crippen LogP contribution in [0.2, 0.25) is 0 Å². The van der Waals surface area contributed by atoms with Crippen LogP contribution in [0.1, 0.15) is 28.8 Å². The fourth-order valence-corrected chi connectivity index (χ4v) is 2.94. The van der Waals surface area contributed by atoms with Gasteiger partial charge >= 0.3 is 0 Å². The van der Waals surface area contributed by atoms with Gasteiger partial charge in [-0.3, -0.25) is 4.79 Å². The van der Waals surface area contributed by atoms with Crippen LogP contribution in [0.5, 0.6) is 0 Å². The maximum absolute atomic E-state index is 13.0. The average molecular weight is 312 g/mol. The first-order valence-corrected chi connectivity index (χ1v) is 8.00. The fraction of sp³-hybridized carbons (Fsp3) is 0.316. The number of hydrogen-bond donors (Lipinski definition) is 1. The summed E-state index contributed by atoms with van der Waals surface area (Å²) in [5, 5.41) is 3.39. The van der Waals surface area contributed by atoms with E-state index >= 15 is 0 Å². The molecular formula is C19H21FN2O. The SMILES string of the molecule is Cc1ccc(C(=O)N2CCCC(Nc3ccc(F)cc3)C2)cc1. The average Bonchev–Trinajstić information content (AvgIpc) is 2.57. The van der Waals surface area contributed by atoms with Crippen molar-refractivity contribution < 1.29 is 9.18 Å². The van der Waals surface area contributed by atoms with Gasteiger partial charge in [0.1, 0.15) is 5.82 Å². The van der Waals surface area contributed by atoms with Crippen LogP contribution in [0.4, 0.5) is 10.1 Å². The first-order chi connectivity index (χ1) is 11.1. The minimum absolute atomic E-state index is 0.0793. The molecule has 0 saturated carbocycles. The van der Waals surface area contributed by atoms with Gasteiger partial charge in [-0.1, -0.05) is 17.7 Å². The van der Waals surface area contributed by atoms with Crippen molar-refractivity contribution in [3.63, 3.8) is 0 Å². The zero-order chi connectivity index (χ0) is 16.2. The monoisotopic (exact) mass is 312 g/mol. The maximum atomic E-state index is 13.0. The number of amides is 1. The highest BCUT2D eigenvalue weighted by molar-refractivity contribution is 5.94. The quantitative estimate of drug-likeness (QED) is 0.933. The van der Waals surface area contributed by atoms with Crippen LogP contribution in [0.25, 0.3) is 0 Å². The summed E-state index contributed by atoms with van der Waals surface area (Å²) in [6.07, 6.45) is 1.98. The minimum Gasteiger partial charge on any atom is -0.381 e. The van der Waals surface area contributed by atoms with E-state index in [1.165, 1.54) is 12.1 Å². The minimum atomic E-state index is -0.240. The maximum Gasteiger partial charge on any atom is 0.253 e. The summed E-state index contributed by atoms with van der Waals surface area (Å²) in [6.45, 7) is 3.47. The molecule has 1 aliphatic heterocycles. The second-order valence-corrected chi connectivity index (χ2v) is 6.11. The Morgan fingerprint density at radius 3 is 2.52 bits per heavy atom. The van der Waals surface area contributed by atoms with Crippen molar-refractivity contribution in [1.29, 1.82) is 0 Å². The van der Waals surface area contributed by atoms with E-state index in [0.29, 0.717) is 6.54 Å². The van der Waals surface area contributed by atoms with Gasteiger partial charge in [0.2, 0.25) is 0 Å². The summed E-state index contributed by atoms with van der Waals surface area (Å²) in [5.74, 6) is -0.161. The molecule has 1 unspecified atom stereocenters. The number of halogens is 1. The molecule has 1 heterocycles. The molecule has 2 aromatic carbocycles. The van der Waals surface area contributed by atoms with Gasteiger partial charge in [0.05, 0.1) is 0 Å². The summed E-state index contributed by atoms with van der Waals surface area (Å²) < 4.78 is 13.0. The first kappa shape index (κ1) is 15.5. The van der Waals surface area contributed by atoms with Gasteiger partial charge in [-0.05, 0) is 56.2 Å². The van der Waals surface area contributed by atoms with Gasteiger partial charge in [-0.25, -0.2) is 4.39 Å². The molecule has 0 aliphatic carbocycles. The van der Waals surface area contributed by atoms with Crippen LogP contribution in [0.15, 0.2) is 48.5 Å². The molecule has 3 nitrogen and oxygen atoms in total. The van der Waals surface area contributed by atoms with Crippen LogP contribution in [0.3, 0.4) is 0 Å². The third-order valence-corrected chi connectivity index (χ3v) is 4.22. The summed E-state index contributed by atoms with van der Waals surface area (Å²) >= 11 is 0. The predicted molar refractivity (Wildman–Crippen MR) is 90.1 cm³/mol. The normalized spacial score (nSPS) is 17.8. The Hall–Kier alpha value is -2.36. The van der Waals surface area contributed by atoms with Crippen LogP contribution >= 0.6 is 0 Å². The van der Waals surface area contributed by atoms with Crippen molar-refractivity contribution in [2.75, 3.05) is 18.4 Å². The number of nitrogens with one attached hydrogen (secondary N) is 1. The summed E-state index contributed by atoms with van der Waals surface area (Å²) in [4.78, 5) is 14.5. The van der Waals surface area contributed by atoms with Crippen molar-refractivity contribution in [3.05, 3.63) is 65.5 Å². The highest BCUT2D eigenvalue weighted by Gasteiger charge is 2.24. The van der Waals surface area contributed by atoms with Gasteiger partial charge in [0.25, 0.3) is 5.91 Å². The smallest absolute Gasteiger partial charge is 0.253 e. The Morgan fingerprint density at radius 2 is 1.83 bits per heavy atom. The standard InChI is InChI=1S/C19H21FN2O/c1-14-4-6-15(7-5-14)19(23)22-12-2-3-18(13-22)21-17-10-8-16(20)9-11-17/h4-11,18,21H,2-3,12-13H2,1H3. The number of likely N-dealkylation sites (tertiary alicyclic amines) is 1. The Labute approximate surface area is 136 Å². The van der Waals surface area contributed by atoms with E-state index in [4.69, 9.17) is 0 Å². The van der Waals surface area contributed by atoms with E-state index in [1.807, 2.05) is 36.1 Å². The Balaban J connectivity index is 1.64. The Bertz CT molecular complexity index is 667. The lowest BCUT2D eigenvalue weighted by Crippen LogP contribution is -2.45. The zero-order valence-corrected chi connectivity index (χ0v) is 13.3. The molecule has 0 bridgehead atoms. The number of nitrogens with zero attached hydrogens (tertiary/aromatic N) is 1. The van der Waals surface area contributed by atoms with Crippen LogP contribution in [-0.2, 0) is 0 Å². The lowest BCUT2D eigenvalue weighted by molar-refractivity contribution is 0.0715. The molecule has 1 saturated heterocycles. The number of benzene rings is 2. The topological polar surface area (TPSA) is 32.3 Å². The molecule has 23 heavy (non-hydrogen) atoms. The van der Waals surface area contributed by atoms with Gasteiger partial charge in [-0.2, -0.15) is 0 Å². The Morgan fingerprint density at radius 1 is 1.13 bits per heavy atom. The van der Waals surface area contributed by atoms with Gasteiger partial charge in [0, 0.05) is 30.4 Å². The van der Waals surface area contributed by atoms with Gasteiger partial charge in [-0.15, -0.1) is 0 Å². The van der Waals surface area contributed by atoms with E-state index in [2.05, 4.69) is 5.32 Å². The van der Waals surface area contributed by atoms with Gasteiger partial charge < -0.3 is 10.2 Å². The molecule has 0 spiro atoms. The Kier molecular flexibility index (Phi) is 4.60. The largest absolute Gasteiger partial charge is 0.381 e. The number of piperidine rings is 1. The van der Waals surface area contributed by atoms with Crippen molar-refractivity contribution in [2.45, 2.75) is 25.8 Å². The third-order valence-electron chi connectivity index (χ3n) is 4.22. The molecule has 2 aromatic rings. The highest BCUT2D eigenvalue weighted by atomic mass is 19.1. The molecule has 0 radical (unpaired) electrons. The lowest BCUT2D eigenvalue weighted by atomic mass is 10.0. The molecule has 3 rings (SSSR count). The number of anilines is 1. The summed E-state index contributed by atoms with van der Waals surface area (Å²) in [5.41, 5.74) is 2.77. The van der Waals surface area contributed by atoms with E-state index in [9.17, 15) is 9.18 Å². The molecule has 1 amide bonds. The molecule has 4 heteroatoms. The highest BCUT2D eigenvalue weighted by Crippen LogP contribution is 2.18. The second-order valence-electron chi connectivity index (χ2n) is 6.11. The predicted octanol–water partition coefficient (Wildman–Crippen LogP) is 3.85. The van der Waals surface area contributed by atoms with Crippen molar-refractivity contribution in [2.24, 2.45) is 0 Å². The summed E-state index contributed by atoms with van der Waals surface area (Å²) in [6, 6.07) is 14.2. The van der Waals surface area contributed by atoms with Crippen molar-refractivity contribution in [1.82, 2.24) is 4.90 Å². The third kappa shape index (κ3) is 3.89. The van der Waals surface area contributed by atoms with E-state index < -0.39 is 0 Å². The number of hydrogen-bond acceptors (Lipinski definition) is 2. The van der Waals surface area contributed by atoms with Crippen molar-refractivity contribution in [3.8, 4) is 0 Å². The van der Waals surface area contributed by atoms with E-state index in [0.717, 1.165) is 36.2 Å². The zero-order valence-electron chi connectivity index (χ0n) is 13.3. The molecule has 120 valence electrons. The van der Waals surface area contributed by atoms with E-state index in [-0.39, 0.29) is 17.8 Å². The van der Waals surface area contributed by atoms with Crippen LogP contribution in [-0.4, -0.2) is 29.9 Å². The van der Waals surface area contributed by atoms with Crippen molar-refractivity contribution >= 4 is 11.6 Å². The lowest BCUT2D eigenvalue weighted by Gasteiger charge is -2.33. The van der Waals surface area contributed by atoms with Crippen LogP contribution in [0, 0.1) is 12.7 Å². The molecule has 0 aromatic heterocycles. The molecular weight excluding hydrogens is 291 g/mol. The fourth-order valence-electron chi connectivity index (χ4n) is 2.94. The summed E-state index contributed by atoms with van der Waals surface area (Å²) in [7, 11) is 0. The molecule has 1 fully saturated rings. The number of aryl methyl sites for hydroxylation is 1. The van der Waals surface area contributed by atoms with Crippen LogP contribution < -0.4 is 5.32 Å². The second kappa shape index (κ2) is 6.82. The number of carbonyl (C=O) groups excluding carboxylic acids is 1. The van der Waals surface area contributed by atoms with Gasteiger partial charge in [0.15, 0.2) is 0 Å². The molecule has 1 aliphatic rings. The van der Waals surface area contributed by atoms with E-state index in [1.54, 1.807) is 12.1 Å². The first-order valence-electron chi connectivity index (χ1n) is 8.00. The molecule has 1 N–H and O–H groups in total. The molecule has 1 atom stereocenters. The number of carbonyl (C=O) groups is 1.